The number of nitrogens with zero attached hydrogens (tertiary/aromatic N) is 3. The summed E-state index contributed by atoms with van der Waals surface area (Å²) in [5, 5.41) is 5.94. The number of H-pyrrole nitrogens is 1. The van der Waals surface area contributed by atoms with Gasteiger partial charge in [0.1, 0.15) is 5.82 Å². The molecule has 1 aromatic carbocycles. The van der Waals surface area contributed by atoms with E-state index in [0.717, 1.165) is 18.4 Å². The molecule has 2 fully saturated rings. The van der Waals surface area contributed by atoms with E-state index < -0.39 is 11.7 Å². The molecule has 9 nitrogen and oxygen atoms in total. The van der Waals surface area contributed by atoms with Crippen LogP contribution in [0.15, 0.2) is 36.5 Å². The first kappa shape index (κ1) is 21.5. The number of halogens is 1. The van der Waals surface area contributed by atoms with Gasteiger partial charge in [-0.2, -0.15) is 0 Å². The lowest BCUT2D eigenvalue weighted by molar-refractivity contribution is -0.230. The second-order valence-corrected chi connectivity index (χ2v) is 8.63. The molecule has 1 saturated heterocycles. The molecule has 3 N–H and O–H groups in total. The van der Waals surface area contributed by atoms with Crippen molar-refractivity contribution in [1.82, 2.24) is 25.3 Å². The van der Waals surface area contributed by atoms with Gasteiger partial charge in [0, 0.05) is 24.8 Å². The Bertz CT molecular complexity index is 1150. The quantitative estimate of drug-likeness (QED) is 0.527. The molecule has 10 heteroatoms. The fourth-order valence-corrected chi connectivity index (χ4v) is 3.68. The van der Waals surface area contributed by atoms with Crippen LogP contribution in [0.3, 0.4) is 0 Å². The topological polar surface area (TPSA) is 114 Å². The predicted molar refractivity (Wildman–Crippen MR) is 118 cm³/mol. The van der Waals surface area contributed by atoms with Gasteiger partial charge >= 0.3 is 0 Å². The summed E-state index contributed by atoms with van der Waals surface area (Å²) >= 11 is 0. The summed E-state index contributed by atoms with van der Waals surface area (Å²) in [6.45, 7) is 2.15. The molecule has 2 aromatic heterocycles. The molecule has 3 aromatic rings. The SMILES string of the molecule is CNC(=O)C1(C)COC(c2nc(-c3ccc(F)cc3)c(-c3ccnc(NC4CC4)n3)[nH]2)OC1. The molecule has 0 unspecified atom stereocenters. The molecule has 0 atom stereocenters. The van der Waals surface area contributed by atoms with Crippen molar-refractivity contribution in [1.29, 1.82) is 0 Å². The van der Waals surface area contributed by atoms with Crippen LogP contribution >= 0.6 is 0 Å². The fourth-order valence-electron chi connectivity index (χ4n) is 3.68. The van der Waals surface area contributed by atoms with Crippen molar-refractivity contribution >= 4 is 11.9 Å². The van der Waals surface area contributed by atoms with Gasteiger partial charge in [-0.3, -0.25) is 4.79 Å². The number of hydrogen-bond acceptors (Lipinski definition) is 7. The lowest BCUT2D eigenvalue weighted by Crippen LogP contribution is -2.47. The average molecular weight is 452 g/mol. The molecule has 5 rings (SSSR count). The molecule has 1 aliphatic carbocycles. The van der Waals surface area contributed by atoms with Crippen LogP contribution in [0.1, 0.15) is 31.9 Å². The zero-order valence-corrected chi connectivity index (χ0v) is 18.4. The Hall–Kier alpha value is -3.37. The van der Waals surface area contributed by atoms with Gasteiger partial charge in [-0.1, -0.05) is 0 Å². The van der Waals surface area contributed by atoms with Crippen molar-refractivity contribution in [3.63, 3.8) is 0 Å². The van der Waals surface area contributed by atoms with Gasteiger partial charge < -0.3 is 25.1 Å². The molecule has 2 aliphatic rings. The molecule has 3 heterocycles. The second kappa shape index (κ2) is 8.53. The zero-order chi connectivity index (χ0) is 23.0. The van der Waals surface area contributed by atoms with Crippen LogP contribution < -0.4 is 10.6 Å². The highest BCUT2D eigenvalue weighted by atomic mass is 19.1. The van der Waals surface area contributed by atoms with E-state index in [1.807, 2.05) is 0 Å². The van der Waals surface area contributed by atoms with Gasteiger partial charge in [0.15, 0.2) is 5.82 Å². The Morgan fingerprint density at radius 1 is 1.15 bits per heavy atom. The summed E-state index contributed by atoms with van der Waals surface area (Å²) in [6.07, 6.45) is 3.12. The number of imidazole rings is 1. The fraction of sp³-hybridized carbons (Fsp3) is 0.391. The Morgan fingerprint density at radius 3 is 2.55 bits per heavy atom. The van der Waals surface area contributed by atoms with Crippen LogP contribution in [-0.2, 0) is 14.3 Å². The number of carbonyl (C=O) groups excluding carboxylic acids is 1. The van der Waals surface area contributed by atoms with Gasteiger partial charge in [-0.05, 0) is 50.1 Å². The summed E-state index contributed by atoms with van der Waals surface area (Å²) in [4.78, 5) is 29.1. The van der Waals surface area contributed by atoms with Gasteiger partial charge in [0.25, 0.3) is 0 Å². The van der Waals surface area contributed by atoms with E-state index in [1.165, 1.54) is 12.1 Å². The molecule has 0 radical (unpaired) electrons. The molecular formula is C23H25FN6O3. The van der Waals surface area contributed by atoms with Crippen LogP contribution in [0, 0.1) is 11.2 Å². The Morgan fingerprint density at radius 2 is 1.88 bits per heavy atom. The first-order valence-electron chi connectivity index (χ1n) is 10.9. The molecule has 1 amide bonds. The van der Waals surface area contributed by atoms with Gasteiger partial charge in [0.2, 0.25) is 18.1 Å². The van der Waals surface area contributed by atoms with Crippen LogP contribution in [-0.4, -0.2) is 52.1 Å². The first-order valence-corrected chi connectivity index (χ1v) is 10.9. The highest BCUT2D eigenvalue weighted by Crippen LogP contribution is 2.35. The van der Waals surface area contributed by atoms with Crippen LogP contribution in [0.5, 0.6) is 0 Å². The van der Waals surface area contributed by atoms with Gasteiger partial charge in [-0.15, -0.1) is 0 Å². The van der Waals surface area contributed by atoms with Gasteiger partial charge in [-0.25, -0.2) is 19.3 Å². The minimum absolute atomic E-state index is 0.148. The number of hydrogen-bond donors (Lipinski definition) is 3. The number of benzene rings is 1. The summed E-state index contributed by atoms with van der Waals surface area (Å²) in [5.41, 5.74) is 1.81. The van der Waals surface area contributed by atoms with E-state index in [2.05, 4.69) is 25.6 Å². The van der Waals surface area contributed by atoms with E-state index in [0.29, 0.717) is 34.9 Å². The van der Waals surface area contributed by atoms with E-state index in [1.54, 1.807) is 38.4 Å². The number of nitrogens with one attached hydrogen (secondary N) is 3. The van der Waals surface area contributed by atoms with Crippen molar-refractivity contribution in [3.8, 4) is 22.6 Å². The Labute approximate surface area is 190 Å². The van der Waals surface area contributed by atoms with Crippen LogP contribution in [0.4, 0.5) is 10.3 Å². The van der Waals surface area contributed by atoms with Crippen LogP contribution in [0.2, 0.25) is 0 Å². The Kier molecular flexibility index (Phi) is 5.55. The molecule has 33 heavy (non-hydrogen) atoms. The summed E-state index contributed by atoms with van der Waals surface area (Å²) < 4.78 is 25.3. The summed E-state index contributed by atoms with van der Waals surface area (Å²) in [6, 6.07) is 8.29. The molecule has 0 bridgehead atoms. The minimum atomic E-state index is -0.781. The van der Waals surface area contributed by atoms with Crippen molar-refractivity contribution in [2.45, 2.75) is 32.1 Å². The number of aromatic nitrogens is 4. The monoisotopic (exact) mass is 452 g/mol. The average Bonchev–Trinajstić information content (AvgIpc) is 3.54. The minimum Gasteiger partial charge on any atom is -0.359 e. The third kappa shape index (κ3) is 4.44. The summed E-state index contributed by atoms with van der Waals surface area (Å²) in [7, 11) is 1.58. The highest BCUT2D eigenvalue weighted by molar-refractivity contribution is 5.82. The lowest BCUT2D eigenvalue weighted by atomic mass is 9.91. The third-order valence-electron chi connectivity index (χ3n) is 5.77. The van der Waals surface area contributed by atoms with E-state index >= 15 is 0 Å². The first-order chi connectivity index (χ1) is 15.9. The number of amides is 1. The van der Waals surface area contributed by atoms with E-state index in [-0.39, 0.29) is 24.9 Å². The third-order valence-corrected chi connectivity index (χ3v) is 5.77. The highest BCUT2D eigenvalue weighted by Gasteiger charge is 2.40. The molecule has 1 aliphatic heterocycles. The van der Waals surface area contributed by atoms with Crippen molar-refractivity contribution in [2.75, 3.05) is 25.6 Å². The lowest BCUT2D eigenvalue weighted by Gasteiger charge is -2.34. The Balaban J connectivity index is 1.48. The maximum Gasteiger partial charge on any atom is 0.230 e. The smallest absolute Gasteiger partial charge is 0.230 e. The molecule has 1 saturated carbocycles. The van der Waals surface area contributed by atoms with Gasteiger partial charge in [0.05, 0.1) is 35.7 Å². The van der Waals surface area contributed by atoms with Crippen molar-refractivity contribution in [2.24, 2.45) is 5.41 Å². The number of carbonyl (C=O) groups is 1. The molecular weight excluding hydrogens is 427 g/mol. The number of rotatable bonds is 6. The predicted octanol–water partition coefficient (Wildman–Crippen LogP) is 3.04. The standard InChI is InChI=1S/C23H25FN6O3/c1-23(21(31)25-2)11-32-20(33-12-23)19-29-17(13-3-5-14(24)6-4-13)18(30-19)16-9-10-26-22(28-16)27-15-7-8-15/h3-6,9-10,15,20H,7-8,11-12H2,1-2H3,(H,25,31)(H,29,30)(H,26,27,28). The molecule has 172 valence electrons. The maximum absolute atomic E-state index is 13.5. The maximum atomic E-state index is 13.5. The largest absolute Gasteiger partial charge is 0.359 e. The zero-order valence-electron chi connectivity index (χ0n) is 18.4. The van der Waals surface area contributed by atoms with Crippen molar-refractivity contribution < 1.29 is 18.7 Å². The number of anilines is 1. The normalized spacial score (nSPS) is 22.7. The second-order valence-electron chi connectivity index (χ2n) is 8.63. The molecule has 0 spiro atoms. The van der Waals surface area contributed by atoms with Crippen molar-refractivity contribution in [3.05, 3.63) is 48.2 Å². The van der Waals surface area contributed by atoms with E-state index in [4.69, 9.17) is 14.5 Å². The number of aromatic amines is 1. The van der Waals surface area contributed by atoms with E-state index in [9.17, 15) is 9.18 Å². The summed E-state index contributed by atoms with van der Waals surface area (Å²) in [5.74, 6) is 0.507. The van der Waals surface area contributed by atoms with Crippen LogP contribution in [0.25, 0.3) is 22.6 Å². The number of ether oxygens (including phenoxy) is 2.